The molecule has 0 aliphatic heterocycles. The summed E-state index contributed by atoms with van der Waals surface area (Å²) in [6, 6.07) is 7.12. The lowest BCUT2D eigenvalue weighted by Crippen LogP contribution is -2.15. The molecule has 0 amide bonds. The molecule has 0 saturated heterocycles. The quantitative estimate of drug-likeness (QED) is 0.198. The molecule has 1 unspecified atom stereocenters. The number of anilines is 1. The molecule has 0 aliphatic carbocycles. The van der Waals surface area contributed by atoms with Crippen LogP contribution in [0.1, 0.15) is 46.0 Å². The number of ether oxygens (including phenoxy) is 2. The zero-order chi connectivity index (χ0) is 17.8. The lowest BCUT2D eigenvalue weighted by Gasteiger charge is -2.17. The fourth-order valence-electron chi connectivity index (χ4n) is 2.14. The smallest absolute Gasteiger partial charge is 0.333 e. The highest BCUT2D eigenvalue weighted by atomic mass is 16.5. The van der Waals surface area contributed by atoms with Crippen LogP contribution in [0.2, 0.25) is 0 Å². The van der Waals surface area contributed by atoms with Crippen LogP contribution in [-0.2, 0) is 9.53 Å². The predicted molar refractivity (Wildman–Crippen MR) is 94.8 cm³/mol. The van der Waals surface area contributed by atoms with Crippen LogP contribution in [-0.4, -0.2) is 18.7 Å². The molecule has 6 nitrogen and oxygen atoms in total. The molecule has 0 bridgehead atoms. The molecule has 1 rings (SSSR count). The van der Waals surface area contributed by atoms with Crippen LogP contribution in [0.5, 0.6) is 5.75 Å². The standard InChI is InChI=1S/C18H26N2O4/c1-4-16(8-6-5-7-13-23-18(21)14(2)3)24-17-11-9-15(10-12-17)19-20-22/h9-12,16H,2,4-8,13H2,1,3H3,(H,19,22). The summed E-state index contributed by atoms with van der Waals surface area (Å²) in [5.41, 5.74) is 3.41. The Morgan fingerprint density at radius 3 is 2.54 bits per heavy atom. The van der Waals surface area contributed by atoms with Gasteiger partial charge in [-0.3, -0.25) is 0 Å². The molecule has 1 atom stereocenters. The maximum Gasteiger partial charge on any atom is 0.333 e. The number of carbonyl (C=O) groups is 1. The van der Waals surface area contributed by atoms with Crippen molar-refractivity contribution < 1.29 is 14.3 Å². The van der Waals surface area contributed by atoms with Gasteiger partial charge in [0.05, 0.1) is 23.7 Å². The van der Waals surface area contributed by atoms with Crippen molar-refractivity contribution in [2.45, 2.75) is 52.1 Å². The highest BCUT2D eigenvalue weighted by molar-refractivity contribution is 5.86. The van der Waals surface area contributed by atoms with Crippen LogP contribution in [0.4, 0.5) is 5.69 Å². The van der Waals surface area contributed by atoms with Gasteiger partial charge in [0.15, 0.2) is 0 Å². The minimum Gasteiger partial charge on any atom is -0.490 e. The Kier molecular flexibility index (Phi) is 9.19. The summed E-state index contributed by atoms with van der Waals surface area (Å²) in [5, 5.41) is 2.62. The average Bonchev–Trinajstić information content (AvgIpc) is 2.58. The predicted octanol–water partition coefficient (Wildman–Crippen LogP) is 4.62. The van der Waals surface area contributed by atoms with Gasteiger partial charge in [-0.15, -0.1) is 4.91 Å². The SMILES string of the molecule is C=C(C)C(=O)OCCCCCC(CC)Oc1ccc(NN=O)cc1. The molecule has 132 valence electrons. The molecule has 0 aromatic heterocycles. The van der Waals surface area contributed by atoms with E-state index in [1.54, 1.807) is 19.1 Å². The van der Waals surface area contributed by atoms with E-state index in [0.717, 1.165) is 37.9 Å². The number of hydrogen-bond acceptors (Lipinski definition) is 5. The molecule has 1 aromatic rings. The molecule has 0 saturated carbocycles. The van der Waals surface area contributed by atoms with Crippen LogP contribution in [0.25, 0.3) is 0 Å². The normalized spacial score (nSPS) is 11.4. The zero-order valence-corrected chi connectivity index (χ0v) is 14.4. The van der Waals surface area contributed by atoms with Crippen LogP contribution in [0, 0.1) is 4.91 Å². The minimum absolute atomic E-state index is 0.144. The van der Waals surface area contributed by atoms with Crippen LogP contribution in [0.15, 0.2) is 41.7 Å². The Morgan fingerprint density at radius 1 is 1.25 bits per heavy atom. The van der Waals surface area contributed by atoms with Crippen molar-refractivity contribution in [1.82, 2.24) is 0 Å². The third-order valence-corrected chi connectivity index (χ3v) is 3.54. The molecule has 0 heterocycles. The number of rotatable bonds is 12. The number of unbranched alkanes of at least 4 members (excludes halogenated alkanes) is 2. The van der Waals surface area contributed by atoms with Gasteiger partial charge in [-0.05, 0) is 63.3 Å². The van der Waals surface area contributed by atoms with Crippen LogP contribution < -0.4 is 10.2 Å². The molecule has 0 fully saturated rings. The van der Waals surface area contributed by atoms with E-state index in [1.807, 2.05) is 12.1 Å². The third kappa shape index (κ3) is 7.76. The Hall–Kier alpha value is -2.37. The number of esters is 1. The minimum atomic E-state index is -0.326. The van der Waals surface area contributed by atoms with Gasteiger partial charge < -0.3 is 9.47 Å². The summed E-state index contributed by atoms with van der Waals surface area (Å²) in [6.07, 6.45) is 4.84. The summed E-state index contributed by atoms with van der Waals surface area (Å²) in [7, 11) is 0. The van der Waals surface area contributed by atoms with Gasteiger partial charge in [-0.25, -0.2) is 10.2 Å². The fraction of sp³-hybridized carbons (Fsp3) is 0.500. The van der Waals surface area contributed by atoms with Gasteiger partial charge in [0.1, 0.15) is 5.75 Å². The van der Waals surface area contributed by atoms with Crippen molar-refractivity contribution >= 4 is 11.7 Å². The van der Waals surface area contributed by atoms with Crippen LogP contribution in [0.3, 0.4) is 0 Å². The Labute approximate surface area is 143 Å². The molecule has 1 aromatic carbocycles. The van der Waals surface area contributed by atoms with Crippen molar-refractivity contribution in [2.75, 3.05) is 12.0 Å². The summed E-state index contributed by atoms with van der Waals surface area (Å²) in [6.45, 7) is 7.71. The van der Waals surface area contributed by atoms with E-state index < -0.39 is 0 Å². The summed E-state index contributed by atoms with van der Waals surface area (Å²) < 4.78 is 11.0. The summed E-state index contributed by atoms with van der Waals surface area (Å²) >= 11 is 0. The van der Waals surface area contributed by atoms with Crippen molar-refractivity contribution in [3.05, 3.63) is 41.3 Å². The second kappa shape index (κ2) is 11.2. The van der Waals surface area contributed by atoms with Gasteiger partial charge in [-0.2, -0.15) is 0 Å². The first-order valence-electron chi connectivity index (χ1n) is 8.24. The van der Waals surface area contributed by atoms with E-state index in [2.05, 4.69) is 24.2 Å². The Balaban J connectivity index is 2.23. The third-order valence-electron chi connectivity index (χ3n) is 3.54. The molecule has 24 heavy (non-hydrogen) atoms. The number of nitroso groups, excluding NO2 is 1. The summed E-state index contributed by atoms with van der Waals surface area (Å²) in [5.74, 6) is 0.446. The van der Waals surface area contributed by atoms with Crippen molar-refractivity contribution in [3.63, 3.8) is 0 Å². The maximum atomic E-state index is 11.2. The van der Waals surface area contributed by atoms with Crippen molar-refractivity contribution in [3.8, 4) is 5.75 Å². The molecule has 0 radical (unpaired) electrons. The van der Waals surface area contributed by atoms with E-state index >= 15 is 0 Å². The Morgan fingerprint density at radius 2 is 1.96 bits per heavy atom. The van der Waals surface area contributed by atoms with Gasteiger partial charge in [0, 0.05) is 5.57 Å². The lowest BCUT2D eigenvalue weighted by molar-refractivity contribution is -0.139. The van der Waals surface area contributed by atoms with E-state index in [9.17, 15) is 9.70 Å². The number of nitrogens with zero attached hydrogens (tertiary/aromatic N) is 1. The Bertz CT molecular complexity index is 528. The van der Waals surface area contributed by atoms with E-state index in [0.29, 0.717) is 17.9 Å². The first-order chi connectivity index (χ1) is 11.6. The number of benzene rings is 1. The van der Waals surface area contributed by atoms with E-state index in [4.69, 9.17) is 9.47 Å². The first kappa shape index (κ1) is 19.7. The molecule has 6 heteroatoms. The summed E-state index contributed by atoms with van der Waals surface area (Å²) in [4.78, 5) is 21.4. The molecular weight excluding hydrogens is 308 g/mol. The number of carbonyl (C=O) groups excluding carboxylic acids is 1. The number of hydrogen-bond donors (Lipinski definition) is 1. The first-order valence-corrected chi connectivity index (χ1v) is 8.24. The second-order valence-corrected chi connectivity index (χ2v) is 5.64. The van der Waals surface area contributed by atoms with Gasteiger partial charge in [0.2, 0.25) is 0 Å². The number of nitrogens with one attached hydrogen (secondary N) is 1. The second-order valence-electron chi connectivity index (χ2n) is 5.64. The van der Waals surface area contributed by atoms with E-state index in [-0.39, 0.29) is 12.1 Å². The van der Waals surface area contributed by atoms with Gasteiger partial charge in [-0.1, -0.05) is 13.5 Å². The molecule has 0 spiro atoms. The largest absolute Gasteiger partial charge is 0.490 e. The molecule has 0 aliphatic rings. The fourth-order valence-corrected chi connectivity index (χ4v) is 2.14. The zero-order valence-electron chi connectivity index (χ0n) is 14.4. The monoisotopic (exact) mass is 334 g/mol. The van der Waals surface area contributed by atoms with Gasteiger partial charge >= 0.3 is 5.97 Å². The highest BCUT2D eigenvalue weighted by Crippen LogP contribution is 2.20. The van der Waals surface area contributed by atoms with E-state index in [1.165, 1.54) is 0 Å². The van der Waals surface area contributed by atoms with Crippen LogP contribution >= 0.6 is 0 Å². The lowest BCUT2D eigenvalue weighted by atomic mass is 10.1. The molecular formula is C18H26N2O4. The van der Waals surface area contributed by atoms with Gasteiger partial charge in [0.25, 0.3) is 0 Å². The highest BCUT2D eigenvalue weighted by Gasteiger charge is 2.08. The van der Waals surface area contributed by atoms with Crippen molar-refractivity contribution in [2.24, 2.45) is 5.29 Å². The molecule has 1 N–H and O–H groups in total. The average molecular weight is 334 g/mol. The maximum absolute atomic E-state index is 11.2. The topological polar surface area (TPSA) is 77.0 Å². The van der Waals surface area contributed by atoms with Crippen molar-refractivity contribution in [1.29, 1.82) is 0 Å².